The molecule has 0 radical (unpaired) electrons. The number of hydrogen-bond donors (Lipinski definition) is 1. The Labute approximate surface area is 113 Å². The van der Waals surface area contributed by atoms with Gasteiger partial charge in [0.1, 0.15) is 5.82 Å². The van der Waals surface area contributed by atoms with Crippen molar-refractivity contribution >= 4 is 17.4 Å². The molecular weight excluding hydrogens is 248 g/mol. The highest BCUT2D eigenvalue weighted by atomic mass is 35.5. The van der Waals surface area contributed by atoms with Gasteiger partial charge in [0.15, 0.2) is 0 Å². The van der Waals surface area contributed by atoms with E-state index in [1.165, 1.54) is 0 Å². The molecule has 0 saturated carbocycles. The van der Waals surface area contributed by atoms with Crippen LogP contribution in [0.5, 0.6) is 0 Å². The summed E-state index contributed by atoms with van der Waals surface area (Å²) >= 11 is 5.85. The summed E-state index contributed by atoms with van der Waals surface area (Å²) in [7, 11) is 0. The van der Waals surface area contributed by atoms with Gasteiger partial charge in [-0.2, -0.15) is 0 Å². The van der Waals surface area contributed by atoms with E-state index >= 15 is 0 Å². The lowest BCUT2D eigenvalue weighted by atomic mass is 9.78. The minimum Gasteiger partial charge on any atom is -0.396 e. The SMILES string of the molecule is C=CCC1(CO)CCCN(c2ccc(Cl)cn2)C1. The fraction of sp³-hybridized carbons (Fsp3) is 0.500. The number of rotatable bonds is 4. The zero-order valence-corrected chi connectivity index (χ0v) is 11.2. The zero-order chi connectivity index (χ0) is 13.0. The molecule has 1 N–H and O–H groups in total. The van der Waals surface area contributed by atoms with Crippen LogP contribution >= 0.6 is 11.6 Å². The number of pyridine rings is 1. The van der Waals surface area contributed by atoms with Crippen molar-refractivity contribution < 1.29 is 5.11 Å². The number of aliphatic hydroxyl groups excluding tert-OH is 1. The summed E-state index contributed by atoms with van der Waals surface area (Å²) in [6.45, 7) is 5.80. The Balaban J connectivity index is 2.14. The molecule has 0 aliphatic carbocycles. The Morgan fingerprint density at radius 3 is 3.00 bits per heavy atom. The minimum atomic E-state index is -0.0681. The van der Waals surface area contributed by atoms with Gasteiger partial charge in [0.2, 0.25) is 0 Å². The van der Waals surface area contributed by atoms with Gasteiger partial charge in [-0.3, -0.25) is 0 Å². The molecule has 18 heavy (non-hydrogen) atoms. The first kappa shape index (κ1) is 13.4. The minimum absolute atomic E-state index is 0.0681. The van der Waals surface area contributed by atoms with Gasteiger partial charge in [0.25, 0.3) is 0 Å². The van der Waals surface area contributed by atoms with E-state index in [4.69, 9.17) is 11.6 Å². The third-order valence-electron chi connectivity index (χ3n) is 3.61. The number of allylic oxidation sites excluding steroid dienone is 1. The second-order valence-electron chi connectivity index (χ2n) is 5.01. The van der Waals surface area contributed by atoms with E-state index < -0.39 is 0 Å². The van der Waals surface area contributed by atoms with Gasteiger partial charge >= 0.3 is 0 Å². The molecule has 3 nitrogen and oxygen atoms in total. The van der Waals surface area contributed by atoms with Crippen LogP contribution in [-0.4, -0.2) is 29.8 Å². The summed E-state index contributed by atoms with van der Waals surface area (Å²) in [6, 6.07) is 3.79. The molecule has 4 heteroatoms. The van der Waals surface area contributed by atoms with Crippen LogP contribution in [-0.2, 0) is 0 Å². The Morgan fingerprint density at radius 2 is 2.39 bits per heavy atom. The molecule has 2 rings (SSSR count). The molecule has 98 valence electrons. The van der Waals surface area contributed by atoms with Crippen molar-refractivity contribution in [2.24, 2.45) is 5.41 Å². The van der Waals surface area contributed by atoms with Crippen LogP contribution in [0.2, 0.25) is 5.02 Å². The molecule has 1 aliphatic heterocycles. The molecule has 0 spiro atoms. The normalized spacial score (nSPS) is 24.0. The number of hydrogen-bond acceptors (Lipinski definition) is 3. The third kappa shape index (κ3) is 2.85. The maximum absolute atomic E-state index is 9.67. The zero-order valence-electron chi connectivity index (χ0n) is 10.5. The lowest BCUT2D eigenvalue weighted by molar-refractivity contribution is 0.108. The standard InChI is InChI=1S/C14H19ClN2O/c1-2-6-14(11-18)7-3-8-17(10-14)13-5-4-12(15)9-16-13/h2,4-5,9,18H,1,3,6-8,10-11H2. The molecule has 1 fully saturated rings. The summed E-state index contributed by atoms with van der Waals surface area (Å²) in [5.74, 6) is 0.931. The molecule has 1 aliphatic rings. The van der Waals surface area contributed by atoms with Gasteiger partial charge in [0, 0.05) is 24.7 Å². The van der Waals surface area contributed by atoms with Crippen molar-refractivity contribution in [1.29, 1.82) is 0 Å². The average Bonchev–Trinajstić information content (AvgIpc) is 2.40. The molecule has 1 aromatic heterocycles. The lowest BCUT2D eigenvalue weighted by Crippen LogP contribution is -2.45. The Kier molecular flexibility index (Phi) is 4.25. The van der Waals surface area contributed by atoms with Gasteiger partial charge < -0.3 is 10.0 Å². The van der Waals surface area contributed by atoms with E-state index in [0.717, 1.165) is 38.2 Å². The van der Waals surface area contributed by atoms with Gasteiger partial charge in [-0.25, -0.2) is 4.98 Å². The molecule has 0 aromatic carbocycles. The van der Waals surface area contributed by atoms with Crippen LogP contribution in [0.1, 0.15) is 19.3 Å². The van der Waals surface area contributed by atoms with Crippen molar-refractivity contribution in [3.05, 3.63) is 36.0 Å². The largest absolute Gasteiger partial charge is 0.396 e. The van der Waals surface area contributed by atoms with E-state index in [0.29, 0.717) is 5.02 Å². The van der Waals surface area contributed by atoms with Crippen LogP contribution in [0, 0.1) is 5.41 Å². The second kappa shape index (κ2) is 5.72. The Bertz CT molecular complexity index is 407. The number of aromatic nitrogens is 1. The lowest BCUT2D eigenvalue weighted by Gasteiger charge is -2.42. The van der Waals surface area contributed by atoms with Crippen molar-refractivity contribution in [3.8, 4) is 0 Å². The van der Waals surface area contributed by atoms with E-state index in [1.54, 1.807) is 6.20 Å². The molecule has 0 amide bonds. The topological polar surface area (TPSA) is 36.4 Å². The maximum Gasteiger partial charge on any atom is 0.128 e. The van der Waals surface area contributed by atoms with Crippen LogP contribution in [0.25, 0.3) is 0 Å². The van der Waals surface area contributed by atoms with E-state index in [9.17, 15) is 5.11 Å². The van der Waals surface area contributed by atoms with E-state index in [1.807, 2.05) is 18.2 Å². The summed E-state index contributed by atoms with van der Waals surface area (Å²) in [4.78, 5) is 6.57. The molecule has 1 saturated heterocycles. The number of piperidine rings is 1. The van der Waals surface area contributed by atoms with Gasteiger partial charge in [-0.15, -0.1) is 6.58 Å². The molecule has 1 aromatic rings. The first-order valence-electron chi connectivity index (χ1n) is 6.27. The first-order chi connectivity index (χ1) is 8.69. The molecule has 1 unspecified atom stereocenters. The van der Waals surface area contributed by atoms with Crippen LogP contribution in [0.3, 0.4) is 0 Å². The van der Waals surface area contributed by atoms with Gasteiger partial charge in [-0.05, 0) is 31.4 Å². The van der Waals surface area contributed by atoms with Gasteiger partial charge in [-0.1, -0.05) is 17.7 Å². The third-order valence-corrected chi connectivity index (χ3v) is 3.83. The number of nitrogens with zero attached hydrogens (tertiary/aromatic N) is 2. The van der Waals surface area contributed by atoms with Crippen LogP contribution in [0.15, 0.2) is 31.0 Å². The fourth-order valence-electron chi connectivity index (χ4n) is 2.62. The highest BCUT2D eigenvalue weighted by Crippen LogP contribution is 2.35. The summed E-state index contributed by atoms with van der Waals surface area (Å²) in [5.41, 5.74) is -0.0681. The molecule has 0 bridgehead atoms. The molecular formula is C14H19ClN2O. The average molecular weight is 267 g/mol. The summed E-state index contributed by atoms with van der Waals surface area (Å²) in [5, 5.41) is 10.3. The van der Waals surface area contributed by atoms with Crippen molar-refractivity contribution in [3.63, 3.8) is 0 Å². The van der Waals surface area contributed by atoms with E-state index in [2.05, 4.69) is 16.5 Å². The van der Waals surface area contributed by atoms with Crippen molar-refractivity contribution in [2.45, 2.75) is 19.3 Å². The Hall–Kier alpha value is -1.06. The Morgan fingerprint density at radius 1 is 1.56 bits per heavy atom. The predicted octanol–water partition coefficient (Wildman–Crippen LogP) is 2.89. The predicted molar refractivity (Wildman–Crippen MR) is 75.0 cm³/mol. The highest BCUT2D eigenvalue weighted by molar-refractivity contribution is 6.30. The second-order valence-corrected chi connectivity index (χ2v) is 5.45. The number of anilines is 1. The van der Waals surface area contributed by atoms with Crippen molar-refractivity contribution in [2.75, 3.05) is 24.6 Å². The van der Waals surface area contributed by atoms with E-state index in [-0.39, 0.29) is 12.0 Å². The smallest absolute Gasteiger partial charge is 0.128 e. The molecule has 2 heterocycles. The number of halogens is 1. The number of aliphatic hydroxyl groups is 1. The summed E-state index contributed by atoms with van der Waals surface area (Å²) < 4.78 is 0. The van der Waals surface area contributed by atoms with Crippen molar-refractivity contribution in [1.82, 2.24) is 4.98 Å². The highest BCUT2D eigenvalue weighted by Gasteiger charge is 2.34. The maximum atomic E-state index is 9.67. The van der Waals surface area contributed by atoms with Gasteiger partial charge in [0.05, 0.1) is 11.6 Å². The summed E-state index contributed by atoms with van der Waals surface area (Å²) in [6.07, 6.45) is 6.51. The monoisotopic (exact) mass is 266 g/mol. The quantitative estimate of drug-likeness (QED) is 0.852. The fourth-order valence-corrected chi connectivity index (χ4v) is 2.74. The first-order valence-corrected chi connectivity index (χ1v) is 6.65. The van der Waals surface area contributed by atoms with Crippen LogP contribution < -0.4 is 4.90 Å². The molecule has 1 atom stereocenters. The van der Waals surface area contributed by atoms with Crippen LogP contribution in [0.4, 0.5) is 5.82 Å².